The van der Waals surface area contributed by atoms with Crippen LogP contribution in [0.1, 0.15) is 52.4 Å². The van der Waals surface area contributed by atoms with Crippen molar-refractivity contribution in [3.05, 3.63) is 6.42 Å². The first-order chi connectivity index (χ1) is 5.33. The largest absolute Gasteiger partial charge is 0.0651 e. The molecular weight excluding hydrogens is 132 g/mol. The lowest BCUT2D eigenvalue weighted by atomic mass is 9.83. The van der Waals surface area contributed by atoms with Gasteiger partial charge in [0.05, 0.1) is 0 Å². The summed E-state index contributed by atoms with van der Waals surface area (Å²) in [5.41, 5.74) is 0. The second kappa shape index (κ2) is 4.79. The van der Waals surface area contributed by atoms with Gasteiger partial charge >= 0.3 is 0 Å². The molecule has 0 heteroatoms. The summed E-state index contributed by atoms with van der Waals surface area (Å²) in [6.45, 7) is 4.69. The van der Waals surface area contributed by atoms with E-state index >= 15 is 0 Å². The Bertz CT molecular complexity index is 90.2. The van der Waals surface area contributed by atoms with Gasteiger partial charge in [0.25, 0.3) is 0 Å². The second-order valence-electron chi connectivity index (χ2n) is 4.06. The molecule has 0 amide bonds. The van der Waals surface area contributed by atoms with E-state index in [-0.39, 0.29) is 0 Å². The quantitative estimate of drug-likeness (QED) is 0.578. The molecule has 0 nitrogen and oxygen atoms in total. The molecule has 0 aromatic carbocycles. The molecule has 1 fully saturated rings. The Morgan fingerprint density at radius 3 is 2.55 bits per heavy atom. The molecule has 1 aliphatic carbocycles. The summed E-state index contributed by atoms with van der Waals surface area (Å²) in [5, 5.41) is 0. The van der Waals surface area contributed by atoms with Gasteiger partial charge in [0.2, 0.25) is 0 Å². The van der Waals surface area contributed by atoms with Crippen molar-refractivity contribution < 1.29 is 0 Å². The summed E-state index contributed by atoms with van der Waals surface area (Å²) in [6.07, 6.45) is 11.0. The van der Waals surface area contributed by atoms with E-state index < -0.39 is 0 Å². The highest BCUT2D eigenvalue weighted by Gasteiger charge is 2.15. The van der Waals surface area contributed by atoms with E-state index in [1.165, 1.54) is 38.5 Å². The van der Waals surface area contributed by atoms with E-state index in [1.54, 1.807) is 0 Å². The highest BCUT2D eigenvalue weighted by atomic mass is 14.2. The molecule has 0 aromatic heterocycles. The normalized spacial score (nSPS) is 23.5. The zero-order chi connectivity index (χ0) is 8.10. The summed E-state index contributed by atoms with van der Waals surface area (Å²) in [7, 11) is 0. The Hall–Kier alpha value is 0. The minimum atomic E-state index is 0.957. The third-order valence-corrected chi connectivity index (χ3v) is 2.99. The first kappa shape index (κ1) is 9.09. The van der Waals surface area contributed by atoms with Crippen LogP contribution in [-0.2, 0) is 0 Å². The second-order valence-corrected chi connectivity index (χ2v) is 4.06. The van der Waals surface area contributed by atoms with Crippen molar-refractivity contribution in [2.45, 2.75) is 52.4 Å². The van der Waals surface area contributed by atoms with E-state index in [0.717, 1.165) is 11.8 Å². The fourth-order valence-corrected chi connectivity index (χ4v) is 1.97. The standard InChI is InChI=1S/C11H21/c1-3-10(2)9-11-7-5-4-6-8-11/h4,10-11H,3,5-9H2,1-2H3. The topological polar surface area (TPSA) is 0 Å². The van der Waals surface area contributed by atoms with Crippen LogP contribution in [0.25, 0.3) is 0 Å². The van der Waals surface area contributed by atoms with Gasteiger partial charge in [-0.3, -0.25) is 0 Å². The van der Waals surface area contributed by atoms with Gasteiger partial charge in [-0.25, -0.2) is 0 Å². The summed E-state index contributed by atoms with van der Waals surface area (Å²) in [4.78, 5) is 0. The van der Waals surface area contributed by atoms with Gasteiger partial charge in [-0.2, -0.15) is 0 Å². The van der Waals surface area contributed by atoms with Gasteiger partial charge in [-0.15, -0.1) is 0 Å². The van der Waals surface area contributed by atoms with Gasteiger partial charge in [0.1, 0.15) is 0 Å². The van der Waals surface area contributed by atoms with E-state index in [2.05, 4.69) is 20.3 Å². The van der Waals surface area contributed by atoms with Crippen LogP contribution in [0.2, 0.25) is 0 Å². The van der Waals surface area contributed by atoms with E-state index in [9.17, 15) is 0 Å². The van der Waals surface area contributed by atoms with Gasteiger partial charge in [-0.05, 0) is 37.5 Å². The first-order valence-electron chi connectivity index (χ1n) is 5.14. The van der Waals surface area contributed by atoms with Gasteiger partial charge in [-0.1, -0.05) is 33.1 Å². The molecule has 65 valence electrons. The summed E-state index contributed by atoms with van der Waals surface area (Å²) in [6, 6.07) is 0. The fraction of sp³-hybridized carbons (Fsp3) is 0.909. The smallest absolute Gasteiger partial charge is 0.0386 e. The third kappa shape index (κ3) is 3.27. The molecule has 1 aliphatic rings. The Morgan fingerprint density at radius 1 is 1.36 bits per heavy atom. The monoisotopic (exact) mass is 153 g/mol. The molecule has 1 rings (SSSR count). The molecule has 1 unspecified atom stereocenters. The Labute approximate surface area is 71.4 Å². The molecule has 0 aromatic rings. The minimum absolute atomic E-state index is 0.957. The van der Waals surface area contributed by atoms with Crippen LogP contribution in [0.5, 0.6) is 0 Å². The summed E-state index contributed by atoms with van der Waals surface area (Å²) < 4.78 is 0. The Balaban J connectivity index is 2.13. The molecule has 0 bridgehead atoms. The molecule has 0 spiro atoms. The van der Waals surface area contributed by atoms with Crippen LogP contribution >= 0.6 is 0 Å². The van der Waals surface area contributed by atoms with Crippen molar-refractivity contribution in [1.29, 1.82) is 0 Å². The van der Waals surface area contributed by atoms with Crippen LogP contribution in [-0.4, -0.2) is 0 Å². The van der Waals surface area contributed by atoms with E-state index in [0.29, 0.717) is 0 Å². The zero-order valence-corrected chi connectivity index (χ0v) is 7.97. The van der Waals surface area contributed by atoms with E-state index in [4.69, 9.17) is 0 Å². The SMILES string of the molecule is CCC(C)CC1CC[CH]CC1. The van der Waals surface area contributed by atoms with Gasteiger partial charge in [0, 0.05) is 0 Å². The lowest BCUT2D eigenvalue weighted by molar-refractivity contribution is 0.320. The average molecular weight is 153 g/mol. The minimum Gasteiger partial charge on any atom is -0.0651 e. The molecule has 0 N–H and O–H groups in total. The van der Waals surface area contributed by atoms with Crippen LogP contribution in [0.3, 0.4) is 0 Å². The molecule has 0 aliphatic heterocycles. The van der Waals surface area contributed by atoms with Crippen LogP contribution in [0.4, 0.5) is 0 Å². The highest BCUT2D eigenvalue weighted by molar-refractivity contribution is 4.77. The molecule has 0 saturated heterocycles. The third-order valence-electron chi connectivity index (χ3n) is 2.99. The van der Waals surface area contributed by atoms with Crippen molar-refractivity contribution in [3.63, 3.8) is 0 Å². The molecule has 1 saturated carbocycles. The number of hydrogen-bond acceptors (Lipinski definition) is 0. The summed E-state index contributed by atoms with van der Waals surface area (Å²) in [5.74, 6) is 2.01. The maximum absolute atomic E-state index is 2.45. The van der Waals surface area contributed by atoms with Crippen LogP contribution in [0.15, 0.2) is 0 Å². The summed E-state index contributed by atoms with van der Waals surface area (Å²) >= 11 is 0. The van der Waals surface area contributed by atoms with Crippen molar-refractivity contribution in [2.24, 2.45) is 11.8 Å². The lowest BCUT2D eigenvalue weighted by Gasteiger charge is -2.23. The zero-order valence-electron chi connectivity index (χ0n) is 7.97. The maximum atomic E-state index is 2.45. The van der Waals surface area contributed by atoms with Crippen molar-refractivity contribution in [1.82, 2.24) is 0 Å². The van der Waals surface area contributed by atoms with Crippen LogP contribution in [0, 0.1) is 18.3 Å². The highest BCUT2D eigenvalue weighted by Crippen LogP contribution is 2.29. The van der Waals surface area contributed by atoms with Gasteiger partial charge < -0.3 is 0 Å². The van der Waals surface area contributed by atoms with Crippen LogP contribution < -0.4 is 0 Å². The molecular formula is C11H21. The molecule has 0 heterocycles. The average Bonchev–Trinajstić information content (AvgIpc) is 2.06. The Kier molecular flexibility index (Phi) is 3.96. The van der Waals surface area contributed by atoms with Crippen molar-refractivity contribution in [2.75, 3.05) is 0 Å². The van der Waals surface area contributed by atoms with Crippen molar-refractivity contribution in [3.8, 4) is 0 Å². The van der Waals surface area contributed by atoms with Crippen molar-refractivity contribution >= 4 is 0 Å². The fourth-order valence-electron chi connectivity index (χ4n) is 1.97. The first-order valence-corrected chi connectivity index (χ1v) is 5.14. The van der Waals surface area contributed by atoms with E-state index in [1.807, 2.05) is 0 Å². The van der Waals surface area contributed by atoms with Gasteiger partial charge in [0.15, 0.2) is 0 Å². The lowest BCUT2D eigenvalue weighted by Crippen LogP contribution is -2.10. The number of rotatable bonds is 3. The molecule has 1 radical (unpaired) electrons. The Morgan fingerprint density at radius 2 is 2.00 bits per heavy atom. The molecule has 1 atom stereocenters. The maximum Gasteiger partial charge on any atom is -0.0386 e. The predicted octanol–water partition coefficient (Wildman–Crippen LogP) is 3.82. The molecule has 11 heavy (non-hydrogen) atoms. The number of hydrogen-bond donors (Lipinski definition) is 0. The predicted molar refractivity (Wildman–Crippen MR) is 50.3 cm³/mol.